The molecule has 20 heavy (non-hydrogen) atoms. The molecular weight excluding hydrogens is 317 g/mol. The number of carbonyl (C=O) groups is 1. The smallest absolute Gasteiger partial charge is 0.255 e. The molecule has 0 bridgehead atoms. The molecule has 0 spiro atoms. The van der Waals surface area contributed by atoms with E-state index < -0.39 is 0 Å². The number of hydrogen-bond donors (Lipinski definition) is 0. The number of carbonyl (C=O) groups excluding carboxylic acids is 1. The molecule has 0 radical (unpaired) electrons. The average Bonchev–Trinajstić information content (AvgIpc) is 2.43. The fourth-order valence-corrected chi connectivity index (χ4v) is 2.41. The summed E-state index contributed by atoms with van der Waals surface area (Å²) in [5, 5.41) is 1.26. The fraction of sp³-hybridized carbons (Fsp3) is 0.133. The van der Waals surface area contributed by atoms with Crippen molar-refractivity contribution in [3.05, 3.63) is 68.7 Å². The third-order valence-corrected chi connectivity index (χ3v) is 4.08. The summed E-state index contributed by atoms with van der Waals surface area (Å²) in [6.45, 7) is 0.404. The topological polar surface area (TPSA) is 20.3 Å². The van der Waals surface area contributed by atoms with Gasteiger partial charge in [0.25, 0.3) is 5.91 Å². The number of nitrogens with zero attached hydrogens (tertiary/aromatic N) is 1. The lowest BCUT2D eigenvalue weighted by Crippen LogP contribution is -2.26. The Kier molecular flexibility index (Phi) is 4.92. The van der Waals surface area contributed by atoms with Crippen molar-refractivity contribution in [2.24, 2.45) is 0 Å². The van der Waals surface area contributed by atoms with Crippen LogP contribution in [0, 0.1) is 0 Å². The highest BCUT2D eigenvalue weighted by molar-refractivity contribution is 6.43. The van der Waals surface area contributed by atoms with Crippen LogP contribution in [0.1, 0.15) is 15.9 Å². The largest absolute Gasteiger partial charge is 0.337 e. The van der Waals surface area contributed by atoms with Crippen LogP contribution < -0.4 is 0 Å². The maximum atomic E-state index is 12.4. The minimum atomic E-state index is -0.197. The molecule has 2 rings (SSSR count). The minimum absolute atomic E-state index is 0.197. The summed E-state index contributed by atoms with van der Waals surface area (Å²) in [7, 11) is 1.70. The molecule has 2 nitrogen and oxygen atoms in total. The van der Waals surface area contributed by atoms with Crippen LogP contribution in [0.25, 0.3) is 0 Å². The maximum absolute atomic E-state index is 12.4. The lowest BCUT2D eigenvalue weighted by Gasteiger charge is -2.19. The summed E-state index contributed by atoms with van der Waals surface area (Å²) in [5.41, 5.74) is 1.26. The standard InChI is InChI=1S/C15H12Cl3NO/c1-19(9-10-5-2-3-7-12(10)16)15(20)11-6-4-8-13(17)14(11)18/h2-8H,9H2,1H3. The highest BCUT2D eigenvalue weighted by atomic mass is 35.5. The lowest BCUT2D eigenvalue weighted by molar-refractivity contribution is 0.0785. The number of rotatable bonds is 3. The van der Waals surface area contributed by atoms with Crippen LogP contribution >= 0.6 is 34.8 Å². The SMILES string of the molecule is CN(Cc1ccccc1Cl)C(=O)c1cccc(Cl)c1Cl. The molecule has 0 saturated carbocycles. The third-order valence-electron chi connectivity index (χ3n) is 2.89. The monoisotopic (exact) mass is 327 g/mol. The van der Waals surface area contributed by atoms with Gasteiger partial charge in [0.05, 0.1) is 15.6 Å². The van der Waals surface area contributed by atoms with E-state index in [0.717, 1.165) is 5.56 Å². The average molecular weight is 329 g/mol. The second-order valence-corrected chi connectivity index (χ2v) is 5.55. The number of hydrogen-bond acceptors (Lipinski definition) is 1. The molecule has 0 aliphatic heterocycles. The van der Waals surface area contributed by atoms with Gasteiger partial charge in [-0.15, -0.1) is 0 Å². The van der Waals surface area contributed by atoms with Crippen LogP contribution in [-0.4, -0.2) is 17.9 Å². The molecule has 2 aromatic carbocycles. The van der Waals surface area contributed by atoms with Crippen LogP contribution in [0.15, 0.2) is 42.5 Å². The van der Waals surface area contributed by atoms with Crippen molar-refractivity contribution in [3.8, 4) is 0 Å². The Bertz CT molecular complexity index is 643. The van der Waals surface area contributed by atoms with Gasteiger partial charge in [0.1, 0.15) is 0 Å². The van der Waals surface area contributed by atoms with Gasteiger partial charge in [0, 0.05) is 18.6 Å². The second-order valence-electron chi connectivity index (χ2n) is 4.35. The van der Waals surface area contributed by atoms with Gasteiger partial charge < -0.3 is 4.90 Å². The van der Waals surface area contributed by atoms with E-state index in [9.17, 15) is 4.79 Å². The van der Waals surface area contributed by atoms with Gasteiger partial charge in [-0.05, 0) is 23.8 Å². The van der Waals surface area contributed by atoms with E-state index in [0.29, 0.717) is 22.2 Å². The highest BCUT2D eigenvalue weighted by Crippen LogP contribution is 2.27. The molecule has 0 atom stereocenters. The van der Waals surface area contributed by atoms with Crippen molar-refractivity contribution in [2.45, 2.75) is 6.54 Å². The molecule has 0 aliphatic carbocycles. The Labute approximate surface area is 132 Å². The molecule has 104 valence electrons. The highest BCUT2D eigenvalue weighted by Gasteiger charge is 2.17. The van der Waals surface area contributed by atoms with Crippen LogP contribution in [0.4, 0.5) is 0 Å². The molecule has 0 saturated heterocycles. The van der Waals surface area contributed by atoms with Gasteiger partial charge in [-0.2, -0.15) is 0 Å². The summed E-state index contributed by atoms with van der Waals surface area (Å²) in [6, 6.07) is 12.4. The molecule has 0 aliphatic rings. The minimum Gasteiger partial charge on any atom is -0.337 e. The third kappa shape index (κ3) is 3.26. The predicted molar refractivity (Wildman–Crippen MR) is 83.7 cm³/mol. The van der Waals surface area contributed by atoms with Crippen molar-refractivity contribution in [3.63, 3.8) is 0 Å². The van der Waals surface area contributed by atoms with Crippen LogP contribution in [0.5, 0.6) is 0 Å². The molecular formula is C15H12Cl3NO. The normalized spacial score (nSPS) is 10.4. The van der Waals surface area contributed by atoms with Crippen molar-refractivity contribution >= 4 is 40.7 Å². The van der Waals surface area contributed by atoms with Gasteiger partial charge in [0.2, 0.25) is 0 Å². The van der Waals surface area contributed by atoms with Crippen LogP contribution in [0.3, 0.4) is 0 Å². The van der Waals surface area contributed by atoms with Crippen molar-refractivity contribution in [1.29, 1.82) is 0 Å². The van der Waals surface area contributed by atoms with E-state index >= 15 is 0 Å². The van der Waals surface area contributed by atoms with Crippen molar-refractivity contribution in [1.82, 2.24) is 4.90 Å². The molecule has 0 aromatic heterocycles. The second kappa shape index (κ2) is 6.49. The van der Waals surface area contributed by atoms with E-state index in [1.54, 1.807) is 36.2 Å². The molecule has 0 fully saturated rings. The van der Waals surface area contributed by atoms with Crippen LogP contribution in [0.2, 0.25) is 15.1 Å². The first kappa shape index (κ1) is 15.2. The van der Waals surface area contributed by atoms with Gasteiger partial charge >= 0.3 is 0 Å². The van der Waals surface area contributed by atoms with E-state index in [1.807, 2.05) is 18.2 Å². The molecule has 0 heterocycles. The summed E-state index contributed by atoms with van der Waals surface area (Å²) in [5.74, 6) is -0.197. The number of halogens is 3. The quantitative estimate of drug-likeness (QED) is 0.783. The van der Waals surface area contributed by atoms with Gasteiger partial charge in [-0.3, -0.25) is 4.79 Å². The Morgan fingerprint density at radius 1 is 1.00 bits per heavy atom. The summed E-state index contributed by atoms with van der Waals surface area (Å²) >= 11 is 18.1. The summed E-state index contributed by atoms with van der Waals surface area (Å²) < 4.78 is 0. The first-order valence-electron chi connectivity index (χ1n) is 5.93. The Morgan fingerprint density at radius 2 is 1.65 bits per heavy atom. The first-order valence-corrected chi connectivity index (χ1v) is 7.07. The first-order chi connectivity index (χ1) is 9.50. The fourth-order valence-electron chi connectivity index (χ4n) is 1.83. The molecule has 5 heteroatoms. The zero-order valence-corrected chi connectivity index (χ0v) is 13.0. The van der Waals surface area contributed by atoms with Crippen molar-refractivity contribution in [2.75, 3.05) is 7.05 Å². The molecule has 1 amide bonds. The zero-order chi connectivity index (χ0) is 14.7. The zero-order valence-electron chi connectivity index (χ0n) is 10.7. The van der Waals surface area contributed by atoms with Crippen LogP contribution in [-0.2, 0) is 6.54 Å². The van der Waals surface area contributed by atoms with E-state index in [4.69, 9.17) is 34.8 Å². The molecule has 2 aromatic rings. The predicted octanol–water partition coefficient (Wildman–Crippen LogP) is 4.92. The van der Waals surface area contributed by atoms with Gasteiger partial charge in [0.15, 0.2) is 0 Å². The van der Waals surface area contributed by atoms with Gasteiger partial charge in [-0.1, -0.05) is 59.1 Å². The number of benzene rings is 2. The Hall–Kier alpha value is -1.22. The summed E-state index contributed by atoms with van der Waals surface area (Å²) in [4.78, 5) is 13.9. The molecule has 0 unspecified atom stereocenters. The van der Waals surface area contributed by atoms with E-state index in [1.165, 1.54) is 0 Å². The van der Waals surface area contributed by atoms with Crippen molar-refractivity contribution < 1.29 is 4.79 Å². The number of amides is 1. The lowest BCUT2D eigenvalue weighted by atomic mass is 10.1. The van der Waals surface area contributed by atoms with Gasteiger partial charge in [-0.25, -0.2) is 0 Å². The van der Waals surface area contributed by atoms with E-state index in [2.05, 4.69) is 0 Å². The summed E-state index contributed by atoms with van der Waals surface area (Å²) in [6.07, 6.45) is 0. The maximum Gasteiger partial charge on any atom is 0.255 e. The van der Waals surface area contributed by atoms with E-state index in [-0.39, 0.29) is 10.9 Å². The Balaban J connectivity index is 2.21. The molecule has 0 N–H and O–H groups in total. The Morgan fingerprint density at radius 3 is 2.35 bits per heavy atom.